The molecule has 2 aromatic carbocycles. The molecule has 0 radical (unpaired) electrons. The number of benzene rings is 2. The van der Waals surface area contributed by atoms with Crippen molar-refractivity contribution in [2.75, 3.05) is 35.0 Å². The first-order valence-corrected chi connectivity index (χ1v) is 10.7. The van der Waals surface area contributed by atoms with Crippen LogP contribution >= 0.6 is 0 Å². The summed E-state index contributed by atoms with van der Waals surface area (Å²) in [4.78, 5) is 13.3. The van der Waals surface area contributed by atoms with E-state index in [2.05, 4.69) is 6.58 Å². The summed E-state index contributed by atoms with van der Waals surface area (Å²) in [5.74, 6) is -0.0620. The van der Waals surface area contributed by atoms with Crippen molar-refractivity contribution >= 4 is 5.91 Å². The number of fused-ring (bicyclic) bond motifs is 1. The summed E-state index contributed by atoms with van der Waals surface area (Å²) >= 11 is 0. The summed E-state index contributed by atoms with van der Waals surface area (Å²) in [7, 11) is 5.95. The zero-order valence-corrected chi connectivity index (χ0v) is 19.6. The van der Waals surface area contributed by atoms with E-state index in [4.69, 9.17) is 18.9 Å². The number of hydrogen-bond acceptors (Lipinski definition) is 5. The summed E-state index contributed by atoms with van der Waals surface area (Å²) in [5, 5.41) is 0. The van der Waals surface area contributed by atoms with Crippen LogP contribution in [0.25, 0.3) is 0 Å². The monoisotopic (exact) mass is 479 g/mol. The molecular formula is C25H28F3NO5. The van der Waals surface area contributed by atoms with E-state index in [-0.39, 0.29) is 19.4 Å². The normalized spacial score (nSPS) is 15.4. The van der Waals surface area contributed by atoms with Crippen molar-refractivity contribution in [2.45, 2.75) is 31.5 Å². The Hall–Kier alpha value is -3.36. The molecule has 3 rings (SSSR count). The molecule has 0 aromatic heterocycles. The molecule has 1 aliphatic heterocycles. The van der Waals surface area contributed by atoms with E-state index >= 15 is 0 Å². The Morgan fingerprint density at radius 1 is 0.971 bits per heavy atom. The maximum atomic E-state index is 13.5. The zero-order valence-electron chi connectivity index (χ0n) is 19.6. The number of carbonyl (C=O) groups excluding carboxylic acids is 1. The maximum absolute atomic E-state index is 13.5. The van der Waals surface area contributed by atoms with Gasteiger partial charge in [-0.25, -0.2) is 0 Å². The fraction of sp³-hybridized carbons (Fsp3) is 0.400. The number of allylic oxidation sites excluding steroid dienone is 1. The average molecular weight is 479 g/mol. The van der Waals surface area contributed by atoms with Gasteiger partial charge in [0.05, 0.1) is 34.5 Å². The third kappa shape index (κ3) is 4.93. The molecule has 0 bridgehead atoms. The van der Waals surface area contributed by atoms with Crippen LogP contribution in [-0.2, 0) is 24.1 Å². The Kier molecular flexibility index (Phi) is 7.64. The predicted molar refractivity (Wildman–Crippen MR) is 121 cm³/mol. The lowest BCUT2D eigenvalue weighted by Crippen LogP contribution is -2.47. The largest absolute Gasteiger partial charge is 0.493 e. The molecule has 0 fully saturated rings. The quantitative estimate of drug-likeness (QED) is 0.515. The minimum absolute atomic E-state index is 0.0738. The Morgan fingerprint density at radius 3 is 2.03 bits per heavy atom. The molecule has 2 aromatic rings. The number of alkyl halides is 3. The third-order valence-corrected chi connectivity index (χ3v) is 5.99. The highest BCUT2D eigenvalue weighted by Crippen LogP contribution is 2.42. The Balaban J connectivity index is 2.17. The topological polar surface area (TPSA) is 57.2 Å². The lowest BCUT2D eigenvalue weighted by molar-refractivity contribution is -0.188. The second-order valence-electron chi connectivity index (χ2n) is 7.84. The Labute approximate surface area is 196 Å². The molecule has 184 valence electrons. The SMILES string of the molecule is C=CCc1cc(OC)c(OC)cc1C[C@H]1c2cc(OC)c(OC)cc2CCN1C(=O)C(F)(F)F. The summed E-state index contributed by atoms with van der Waals surface area (Å²) < 4.78 is 62.1. The minimum atomic E-state index is -4.99. The van der Waals surface area contributed by atoms with Gasteiger partial charge in [-0.15, -0.1) is 6.58 Å². The molecule has 1 heterocycles. The molecule has 1 amide bonds. The van der Waals surface area contributed by atoms with E-state index in [9.17, 15) is 18.0 Å². The first kappa shape index (κ1) is 25.3. The van der Waals surface area contributed by atoms with Crippen molar-refractivity contribution in [3.8, 4) is 23.0 Å². The molecular weight excluding hydrogens is 451 g/mol. The highest BCUT2D eigenvalue weighted by molar-refractivity contribution is 5.82. The molecule has 0 saturated carbocycles. The second-order valence-corrected chi connectivity index (χ2v) is 7.84. The molecule has 34 heavy (non-hydrogen) atoms. The van der Waals surface area contributed by atoms with Crippen molar-refractivity contribution in [3.05, 3.63) is 59.2 Å². The number of rotatable bonds is 8. The highest BCUT2D eigenvalue weighted by Gasteiger charge is 2.46. The van der Waals surface area contributed by atoms with Gasteiger partial charge in [0.1, 0.15) is 0 Å². The van der Waals surface area contributed by atoms with Gasteiger partial charge in [-0.3, -0.25) is 4.79 Å². The van der Waals surface area contributed by atoms with E-state index in [1.165, 1.54) is 28.4 Å². The van der Waals surface area contributed by atoms with E-state index in [1.807, 2.05) is 0 Å². The Bertz CT molecular complexity index is 1070. The van der Waals surface area contributed by atoms with E-state index in [0.29, 0.717) is 35.0 Å². The van der Waals surface area contributed by atoms with Crippen LogP contribution < -0.4 is 18.9 Å². The third-order valence-electron chi connectivity index (χ3n) is 5.99. The van der Waals surface area contributed by atoms with Gasteiger partial charge < -0.3 is 23.8 Å². The van der Waals surface area contributed by atoms with Gasteiger partial charge in [-0.2, -0.15) is 13.2 Å². The van der Waals surface area contributed by atoms with Gasteiger partial charge in [-0.05, 0) is 65.8 Å². The molecule has 0 aliphatic carbocycles. The molecule has 0 unspecified atom stereocenters. The van der Waals surface area contributed by atoms with Crippen molar-refractivity contribution in [1.82, 2.24) is 4.90 Å². The highest BCUT2D eigenvalue weighted by atomic mass is 19.4. The van der Waals surface area contributed by atoms with Crippen LogP contribution in [0.4, 0.5) is 13.2 Å². The first-order valence-electron chi connectivity index (χ1n) is 10.7. The number of carbonyl (C=O) groups is 1. The van der Waals surface area contributed by atoms with Gasteiger partial charge in [0, 0.05) is 6.54 Å². The number of methoxy groups -OCH3 is 4. The van der Waals surface area contributed by atoms with Gasteiger partial charge >= 0.3 is 12.1 Å². The molecule has 1 aliphatic rings. The van der Waals surface area contributed by atoms with Crippen LogP contribution in [0.1, 0.15) is 28.3 Å². The van der Waals surface area contributed by atoms with E-state index in [1.54, 1.807) is 30.3 Å². The van der Waals surface area contributed by atoms with Crippen LogP contribution in [0.15, 0.2) is 36.9 Å². The Morgan fingerprint density at radius 2 is 1.50 bits per heavy atom. The van der Waals surface area contributed by atoms with Crippen molar-refractivity contribution in [2.24, 2.45) is 0 Å². The molecule has 0 saturated heterocycles. The van der Waals surface area contributed by atoms with Crippen LogP contribution in [0, 0.1) is 0 Å². The van der Waals surface area contributed by atoms with Crippen LogP contribution in [0.2, 0.25) is 0 Å². The second kappa shape index (κ2) is 10.3. The van der Waals surface area contributed by atoms with Crippen LogP contribution in [-0.4, -0.2) is 52.0 Å². The van der Waals surface area contributed by atoms with Gasteiger partial charge in [0.2, 0.25) is 0 Å². The summed E-state index contributed by atoms with van der Waals surface area (Å²) in [6, 6.07) is 6.06. The molecule has 0 N–H and O–H groups in total. The smallest absolute Gasteiger partial charge is 0.471 e. The van der Waals surface area contributed by atoms with Crippen molar-refractivity contribution in [1.29, 1.82) is 0 Å². The van der Waals surface area contributed by atoms with E-state index < -0.39 is 18.1 Å². The molecule has 6 nitrogen and oxygen atoms in total. The number of hydrogen-bond donors (Lipinski definition) is 0. The average Bonchev–Trinajstić information content (AvgIpc) is 2.82. The molecule has 0 spiro atoms. The molecule has 9 heteroatoms. The van der Waals surface area contributed by atoms with Gasteiger partial charge in [0.25, 0.3) is 0 Å². The van der Waals surface area contributed by atoms with Gasteiger partial charge in [0.15, 0.2) is 23.0 Å². The zero-order chi connectivity index (χ0) is 25.0. The minimum Gasteiger partial charge on any atom is -0.493 e. The van der Waals surface area contributed by atoms with E-state index in [0.717, 1.165) is 21.6 Å². The van der Waals surface area contributed by atoms with Crippen LogP contribution in [0.3, 0.4) is 0 Å². The summed E-state index contributed by atoms with van der Waals surface area (Å²) in [6.07, 6.45) is -2.43. The van der Waals surface area contributed by atoms with Crippen molar-refractivity contribution in [3.63, 3.8) is 0 Å². The lowest BCUT2D eigenvalue weighted by Gasteiger charge is -2.38. The lowest BCUT2D eigenvalue weighted by atomic mass is 9.86. The standard InChI is InChI=1S/C25H28F3NO5/c1-6-7-15-11-20(31-2)22(33-4)13-17(15)10-19-18-14-23(34-5)21(32-3)12-16(18)8-9-29(19)24(30)25(26,27)28/h6,11-14,19H,1,7-10H2,2-5H3/t19-/m0/s1. The summed E-state index contributed by atoms with van der Waals surface area (Å²) in [6.45, 7) is 3.71. The predicted octanol–water partition coefficient (Wildman–Crippen LogP) is 4.68. The first-order chi connectivity index (χ1) is 16.2. The maximum Gasteiger partial charge on any atom is 0.471 e. The van der Waals surface area contributed by atoms with Gasteiger partial charge in [-0.1, -0.05) is 6.08 Å². The van der Waals surface area contributed by atoms with Crippen LogP contribution in [0.5, 0.6) is 23.0 Å². The fourth-order valence-corrected chi connectivity index (χ4v) is 4.36. The van der Waals surface area contributed by atoms with Crippen molar-refractivity contribution < 1.29 is 36.9 Å². The number of ether oxygens (including phenoxy) is 4. The number of nitrogens with zero attached hydrogens (tertiary/aromatic N) is 1. The number of halogens is 3. The fourth-order valence-electron chi connectivity index (χ4n) is 4.36. The number of amides is 1. The summed E-state index contributed by atoms with van der Waals surface area (Å²) in [5.41, 5.74) is 2.94. The molecule has 1 atom stereocenters.